The number of nitrogens with one attached hydrogen (secondary N) is 1. The van der Waals surface area contributed by atoms with Gasteiger partial charge in [0.15, 0.2) is 0 Å². The number of esters is 1. The molecule has 0 saturated carbocycles. The lowest BCUT2D eigenvalue weighted by Gasteiger charge is -2.22. The number of carbonyl (C=O) groups excluding carboxylic acids is 2. The summed E-state index contributed by atoms with van der Waals surface area (Å²) in [5.74, 6) is -0.0279. The molecule has 77 heavy (non-hydrogen) atoms. The predicted octanol–water partition coefficient (Wildman–Crippen LogP) is 22.3. The van der Waals surface area contributed by atoms with Crippen molar-refractivity contribution >= 4 is 11.9 Å². The number of aliphatic hydroxyl groups is 2. The van der Waals surface area contributed by atoms with Crippen LogP contribution < -0.4 is 5.32 Å². The highest BCUT2D eigenvalue weighted by atomic mass is 16.5. The van der Waals surface area contributed by atoms with Crippen molar-refractivity contribution in [2.24, 2.45) is 0 Å². The van der Waals surface area contributed by atoms with Gasteiger partial charge in [-0.2, -0.15) is 0 Å². The maximum absolute atomic E-state index is 12.5. The molecule has 6 nitrogen and oxygen atoms in total. The molecule has 0 aliphatic carbocycles. The molecule has 0 heterocycles. The zero-order valence-electron chi connectivity index (χ0n) is 52.0. The second-order valence-electron chi connectivity index (χ2n) is 23.9. The van der Waals surface area contributed by atoms with Gasteiger partial charge in [0.2, 0.25) is 5.91 Å². The molecule has 0 aliphatic heterocycles. The van der Waals surface area contributed by atoms with Crippen LogP contribution in [0.1, 0.15) is 380 Å². The number of ether oxygens (including phenoxy) is 1. The van der Waals surface area contributed by atoms with Crippen LogP contribution in [0, 0.1) is 0 Å². The third kappa shape index (κ3) is 63.1. The highest BCUT2D eigenvalue weighted by molar-refractivity contribution is 5.76. The second-order valence-corrected chi connectivity index (χ2v) is 23.9. The minimum Gasteiger partial charge on any atom is -0.466 e. The number of carbonyl (C=O) groups is 2. The first-order valence-electron chi connectivity index (χ1n) is 34.7. The normalized spacial score (nSPS) is 12.7. The average molecular weight is 1080 g/mol. The molecular formula is C71H135NO5. The van der Waals surface area contributed by atoms with Crippen molar-refractivity contribution in [1.29, 1.82) is 0 Å². The van der Waals surface area contributed by atoms with Gasteiger partial charge in [-0.25, -0.2) is 0 Å². The van der Waals surface area contributed by atoms with Crippen LogP contribution in [-0.4, -0.2) is 47.4 Å². The van der Waals surface area contributed by atoms with Gasteiger partial charge < -0.3 is 20.3 Å². The SMILES string of the molecule is CCCCCCCCC/C=C\CCCCCCCCCC(=O)OCCCCCCCCCCC/C=C\C/C=C\CCCCCCCCCCCCCC(=O)NC(CO)C(O)CCCCCCCCCCCCCCCCC. The van der Waals surface area contributed by atoms with Crippen molar-refractivity contribution in [3.8, 4) is 0 Å². The van der Waals surface area contributed by atoms with Gasteiger partial charge in [-0.1, -0.05) is 320 Å². The van der Waals surface area contributed by atoms with E-state index < -0.39 is 12.1 Å². The smallest absolute Gasteiger partial charge is 0.305 e. The number of unbranched alkanes of at least 4 members (excludes halogenated alkanes) is 48. The second kappa shape index (κ2) is 66.6. The van der Waals surface area contributed by atoms with E-state index in [4.69, 9.17) is 4.74 Å². The molecule has 0 bridgehead atoms. The zero-order chi connectivity index (χ0) is 55.7. The number of aliphatic hydroxyl groups excluding tert-OH is 2. The van der Waals surface area contributed by atoms with Crippen LogP contribution in [0.3, 0.4) is 0 Å². The Labute approximate surface area is 481 Å². The Morgan fingerprint density at radius 2 is 0.649 bits per heavy atom. The van der Waals surface area contributed by atoms with Crippen LogP contribution in [0.4, 0.5) is 0 Å². The maximum Gasteiger partial charge on any atom is 0.305 e. The molecule has 0 fully saturated rings. The molecule has 0 rings (SSSR count). The van der Waals surface area contributed by atoms with Gasteiger partial charge >= 0.3 is 5.97 Å². The lowest BCUT2D eigenvalue weighted by Crippen LogP contribution is -2.45. The molecule has 0 aromatic rings. The molecule has 1 amide bonds. The molecule has 0 aromatic heterocycles. The molecule has 0 saturated heterocycles. The Morgan fingerprint density at radius 1 is 0.364 bits per heavy atom. The van der Waals surface area contributed by atoms with Crippen molar-refractivity contribution in [1.82, 2.24) is 5.32 Å². The summed E-state index contributed by atoms with van der Waals surface area (Å²) in [4.78, 5) is 24.6. The van der Waals surface area contributed by atoms with Gasteiger partial charge in [-0.15, -0.1) is 0 Å². The first kappa shape index (κ1) is 75.1. The van der Waals surface area contributed by atoms with Crippen molar-refractivity contribution in [2.75, 3.05) is 13.2 Å². The van der Waals surface area contributed by atoms with Crippen molar-refractivity contribution < 1.29 is 24.5 Å². The van der Waals surface area contributed by atoms with Gasteiger partial charge in [0, 0.05) is 12.8 Å². The molecular weight excluding hydrogens is 947 g/mol. The third-order valence-electron chi connectivity index (χ3n) is 16.2. The highest BCUT2D eigenvalue weighted by Gasteiger charge is 2.20. The van der Waals surface area contributed by atoms with Crippen LogP contribution in [0.15, 0.2) is 36.5 Å². The molecule has 2 atom stereocenters. The molecule has 0 spiro atoms. The van der Waals surface area contributed by atoms with Gasteiger partial charge in [-0.05, 0) is 83.5 Å². The molecule has 454 valence electrons. The largest absolute Gasteiger partial charge is 0.466 e. The average Bonchev–Trinajstić information content (AvgIpc) is 3.43. The van der Waals surface area contributed by atoms with Crippen LogP contribution in [0.2, 0.25) is 0 Å². The van der Waals surface area contributed by atoms with E-state index in [1.165, 1.54) is 295 Å². The minimum absolute atomic E-state index is 0.00817. The number of rotatable bonds is 65. The van der Waals surface area contributed by atoms with E-state index in [2.05, 4.69) is 55.6 Å². The summed E-state index contributed by atoms with van der Waals surface area (Å²) in [7, 11) is 0. The van der Waals surface area contributed by atoms with Crippen molar-refractivity contribution in [3.63, 3.8) is 0 Å². The molecule has 6 heteroatoms. The number of allylic oxidation sites excluding steroid dienone is 6. The Kier molecular flexibility index (Phi) is 64.9. The van der Waals surface area contributed by atoms with Gasteiger partial charge in [0.25, 0.3) is 0 Å². The summed E-state index contributed by atoms with van der Waals surface area (Å²) in [5, 5.41) is 23.3. The molecule has 0 radical (unpaired) electrons. The number of amides is 1. The fraction of sp³-hybridized carbons (Fsp3) is 0.887. The molecule has 0 aromatic carbocycles. The summed E-state index contributed by atoms with van der Waals surface area (Å²) in [6.07, 6.45) is 84.7. The summed E-state index contributed by atoms with van der Waals surface area (Å²) in [5.41, 5.74) is 0. The van der Waals surface area contributed by atoms with Crippen LogP contribution in [0.5, 0.6) is 0 Å². The zero-order valence-corrected chi connectivity index (χ0v) is 52.0. The van der Waals surface area contributed by atoms with E-state index in [1.54, 1.807) is 0 Å². The van der Waals surface area contributed by atoms with E-state index in [-0.39, 0.29) is 18.5 Å². The summed E-state index contributed by atoms with van der Waals surface area (Å²) in [6.45, 7) is 4.97. The summed E-state index contributed by atoms with van der Waals surface area (Å²) in [6, 6.07) is -0.544. The topological polar surface area (TPSA) is 95.9 Å². The van der Waals surface area contributed by atoms with Crippen LogP contribution >= 0.6 is 0 Å². The fourth-order valence-electron chi connectivity index (χ4n) is 10.8. The van der Waals surface area contributed by atoms with Gasteiger partial charge in [-0.3, -0.25) is 9.59 Å². The van der Waals surface area contributed by atoms with E-state index >= 15 is 0 Å². The third-order valence-corrected chi connectivity index (χ3v) is 16.2. The predicted molar refractivity (Wildman–Crippen MR) is 338 cm³/mol. The number of hydrogen-bond donors (Lipinski definition) is 3. The standard InChI is InChI=1S/C71H135NO5/c1-3-5-7-9-11-13-15-17-19-20-33-37-41-45-49-53-57-61-65-71(76)77-66-62-58-54-50-46-42-38-34-31-29-27-25-23-21-22-24-26-28-30-32-36-40-44-48-52-56-60-64-70(75)72-68(67-73)69(74)63-59-55-51-47-43-39-35-18-16-14-12-10-8-6-4-2/h19-22,25,27,68-69,73-74H,3-18,23-24,26,28-67H2,1-2H3,(H,72,75)/b20-19-,22-21-,27-25-. The van der Waals surface area contributed by atoms with E-state index in [0.29, 0.717) is 25.9 Å². The van der Waals surface area contributed by atoms with E-state index in [1.807, 2.05) is 0 Å². The molecule has 3 N–H and O–H groups in total. The Balaban J connectivity index is 3.40. The van der Waals surface area contributed by atoms with Gasteiger partial charge in [0.1, 0.15) is 0 Å². The first-order valence-corrected chi connectivity index (χ1v) is 34.7. The first-order chi connectivity index (χ1) is 38.0. The van der Waals surface area contributed by atoms with E-state index in [9.17, 15) is 19.8 Å². The Hall–Kier alpha value is -1.92. The molecule has 0 aliphatic rings. The van der Waals surface area contributed by atoms with Gasteiger partial charge in [0.05, 0.1) is 25.4 Å². The van der Waals surface area contributed by atoms with Crippen molar-refractivity contribution in [2.45, 2.75) is 392 Å². The minimum atomic E-state index is -0.667. The summed E-state index contributed by atoms with van der Waals surface area (Å²) < 4.78 is 5.50. The van der Waals surface area contributed by atoms with Crippen LogP contribution in [-0.2, 0) is 14.3 Å². The summed E-state index contributed by atoms with van der Waals surface area (Å²) >= 11 is 0. The molecule has 2 unspecified atom stereocenters. The quantitative estimate of drug-likeness (QED) is 0.0320. The lowest BCUT2D eigenvalue weighted by atomic mass is 10.0. The Morgan fingerprint density at radius 3 is 1.00 bits per heavy atom. The Bertz CT molecular complexity index is 1250. The van der Waals surface area contributed by atoms with E-state index in [0.717, 1.165) is 51.4 Å². The highest BCUT2D eigenvalue weighted by Crippen LogP contribution is 2.18. The van der Waals surface area contributed by atoms with Crippen molar-refractivity contribution in [3.05, 3.63) is 36.5 Å². The number of hydrogen-bond acceptors (Lipinski definition) is 5. The van der Waals surface area contributed by atoms with Crippen LogP contribution in [0.25, 0.3) is 0 Å². The monoisotopic (exact) mass is 1080 g/mol. The lowest BCUT2D eigenvalue weighted by molar-refractivity contribution is -0.143. The maximum atomic E-state index is 12.5. The fourth-order valence-corrected chi connectivity index (χ4v) is 10.8.